The lowest BCUT2D eigenvalue weighted by Gasteiger charge is -2.41. The fraction of sp³-hybridized carbons (Fsp3) is 0.600. The smallest absolute Gasteiger partial charge is 0.0153 e. The van der Waals surface area contributed by atoms with Crippen molar-refractivity contribution in [3.8, 4) is 0 Å². The van der Waals surface area contributed by atoms with E-state index in [0.29, 0.717) is 11.3 Å². The molecule has 1 fully saturated rings. The van der Waals surface area contributed by atoms with Gasteiger partial charge in [-0.1, -0.05) is 81.2 Å². The molecule has 0 N–H and O–H groups in total. The molecule has 0 aliphatic heterocycles. The Balaban J connectivity index is 2.70. The van der Waals surface area contributed by atoms with Gasteiger partial charge >= 0.3 is 0 Å². The van der Waals surface area contributed by atoms with Gasteiger partial charge in [0.25, 0.3) is 0 Å². The molecule has 0 heterocycles. The minimum Gasteiger partial charge on any atom is -0.0847 e. The van der Waals surface area contributed by atoms with Crippen molar-refractivity contribution in [2.24, 2.45) is 17.3 Å². The lowest BCUT2D eigenvalue weighted by atomic mass is 9.64. The van der Waals surface area contributed by atoms with Gasteiger partial charge in [-0.25, -0.2) is 0 Å². The van der Waals surface area contributed by atoms with Crippen molar-refractivity contribution >= 4 is 0 Å². The van der Waals surface area contributed by atoms with Gasteiger partial charge in [-0.3, -0.25) is 0 Å². The number of hydrogen-bond donors (Lipinski definition) is 0. The van der Waals surface area contributed by atoms with Crippen LogP contribution in [0, 0.1) is 17.3 Å². The maximum atomic E-state index is 2.45. The average molecular weight is 272 g/mol. The van der Waals surface area contributed by atoms with Crippen molar-refractivity contribution in [2.75, 3.05) is 0 Å². The summed E-state index contributed by atoms with van der Waals surface area (Å²) in [5.41, 5.74) is 3.09. The molecule has 1 aliphatic carbocycles. The third-order valence-corrected chi connectivity index (χ3v) is 4.74. The predicted molar refractivity (Wildman–Crippen MR) is 91.8 cm³/mol. The molecule has 20 heavy (non-hydrogen) atoms. The van der Waals surface area contributed by atoms with Gasteiger partial charge in [-0.05, 0) is 44.4 Å². The molecule has 112 valence electrons. The Morgan fingerprint density at radius 3 is 2.40 bits per heavy atom. The second-order valence-electron chi connectivity index (χ2n) is 7.05. The maximum absolute atomic E-state index is 2.45. The van der Waals surface area contributed by atoms with Gasteiger partial charge in [0.1, 0.15) is 0 Å². The molecular weight excluding hydrogens is 240 g/mol. The van der Waals surface area contributed by atoms with E-state index in [1.165, 1.54) is 30.4 Å². The van der Waals surface area contributed by atoms with E-state index >= 15 is 0 Å². The number of hydrogen-bond acceptors (Lipinski definition) is 0. The van der Waals surface area contributed by atoms with Crippen LogP contribution in [-0.2, 0) is 0 Å². The first-order chi connectivity index (χ1) is 9.36. The van der Waals surface area contributed by atoms with Crippen LogP contribution >= 0.6 is 0 Å². The van der Waals surface area contributed by atoms with E-state index in [-0.39, 0.29) is 0 Å². The van der Waals surface area contributed by atoms with Crippen LogP contribution in [0.1, 0.15) is 60.8 Å². The highest BCUT2D eigenvalue weighted by atomic mass is 14.4. The average Bonchev–Trinajstić information content (AvgIpc) is 2.37. The Bertz CT molecular complexity index is 415. The molecule has 0 heteroatoms. The van der Waals surface area contributed by atoms with Gasteiger partial charge < -0.3 is 0 Å². The van der Waals surface area contributed by atoms with Crippen LogP contribution in [0.4, 0.5) is 0 Å². The van der Waals surface area contributed by atoms with E-state index in [4.69, 9.17) is 0 Å². The quantitative estimate of drug-likeness (QED) is 0.514. The molecule has 0 saturated heterocycles. The van der Waals surface area contributed by atoms with Gasteiger partial charge in [0.05, 0.1) is 0 Å². The first kappa shape index (κ1) is 17.0. The van der Waals surface area contributed by atoms with Crippen molar-refractivity contribution in [1.29, 1.82) is 0 Å². The Kier molecular flexibility index (Phi) is 6.52. The second kappa shape index (κ2) is 7.67. The molecule has 0 nitrogen and oxygen atoms in total. The highest BCUT2D eigenvalue weighted by molar-refractivity contribution is 5.26. The molecule has 0 bridgehead atoms. The maximum Gasteiger partial charge on any atom is -0.0153 e. The zero-order chi connectivity index (χ0) is 15.2. The summed E-state index contributed by atoms with van der Waals surface area (Å²) in [7, 11) is 0. The van der Waals surface area contributed by atoms with Gasteiger partial charge in [0.2, 0.25) is 0 Å². The second-order valence-corrected chi connectivity index (χ2v) is 7.05. The Labute approximate surface area is 126 Å². The first-order valence-electron chi connectivity index (χ1n) is 8.03. The Morgan fingerprint density at radius 1 is 1.10 bits per heavy atom. The van der Waals surface area contributed by atoms with Gasteiger partial charge in [0.15, 0.2) is 0 Å². The predicted octanol–water partition coefficient (Wildman–Crippen LogP) is 6.47. The van der Waals surface area contributed by atoms with Crippen molar-refractivity contribution in [2.45, 2.75) is 60.8 Å². The summed E-state index contributed by atoms with van der Waals surface area (Å²) in [5.74, 6) is 1.52. The molecule has 0 aromatic carbocycles. The van der Waals surface area contributed by atoms with E-state index < -0.39 is 0 Å². The third-order valence-electron chi connectivity index (χ3n) is 4.74. The fourth-order valence-electron chi connectivity index (χ4n) is 3.21. The highest BCUT2D eigenvalue weighted by Gasteiger charge is 2.34. The van der Waals surface area contributed by atoms with E-state index in [2.05, 4.69) is 78.0 Å². The molecule has 2 unspecified atom stereocenters. The minimum atomic E-state index is 0.450. The van der Waals surface area contributed by atoms with Crippen LogP contribution in [0.5, 0.6) is 0 Å². The van der Waals surface area contributed by atoms with Crippen LogP contribution < -0.4 is 0 Å². The van der Waals surface area contributed by atoms with Gasteiger partial charge in [0, 0.05) is 0 Å². The zero-order valence-electron chi connectivity index (χ0n) is 14.2. The monoisotopic (exact) mass is 272 g/mol. The highest BCUT2D eigenvalue weighted by Crippen LogP contribution is 2.44. The molecule has 1 rings (SSSR count). The van der Waals surface area contributed by atoms with E-state index in [9.17, 15) is 0 Å². The van der Waals surface area contributed by atoms with Gasteiger partial charge in [-0.2, -0.15) is 0 Å². The summed E-state index contributed by atoms with van der Waals surface area (Å²) in [6.45, 7) is 13.6. The fourth-order valence-corrected chi connectivity index (χ4v) is 3.21. The Hall–Kier alpha value is -1.04. The third kappa shape index (κ3) is 5.15. The summed E-state index contributed by atoms with van der Waals surface area (Å²) >= 11 is 0. The van der Waals surface area contributed by atoms with Crippen LogP contribution in [0.15, 0.2) is 47.6 Å². The molecule has 1 aliphatic rings. The first-order valence-corrected chi connectivity index (χ1v) is 8.03. The van der Waals surface area contributed by atoms with Gasteiger partial charge in [-0.15, -0.1) is 0 Å². The molecule has 0 aromatic heterocycles. The number of rotatable bonds is 4. The van der Waals surface area contributed by atoms with Crippen LogP contribution in [-0.4, -0.2) is 0 Å². The number of allylic oxidation sites excluding steroid dienone is 8. The van der Waals surface area contributed by atoms with Crippen molar-refractivity contribution in [1.82, 2.24) is 0 Å². The lowest BCUT2D eigenvalue weighted by Crippen LogP contribution is -2.32. The summed E-state index contributed by atoms with van der Waals surface area (Å²) in [6, 6.07) is 0. The zero-order valence-corrected chi connectivity index (χ0v) is 14.2. The topological polar surface area (TPSA) is 0 Å². The van der Waals surface area contributed by atoms with E-state index in [1.54, 1.807) is 0 Å². The SMILES string of the molecule is C/C=C(C)/C=C/C=C(C)/C=C/C1C(C)CCCC1(C)C. The van der Waals surface area contributed by atoms with E-state index in [1.807, 2.05) is 0 Å². The normalized spacial score (nSPS) is 28.5. The molecular formula is C20H32. The summed E-state index contributed by atoms with van der Waals surface area (Å²) in [4.78, 5) is 0. The van der Waals surface area contributed by atoms with Crippen molar-refractivity contribution in [3.63, 3.8) is 0 Å². The molecule has 1 saturated carbocycles. The minimum absolute atomic E-state index is 0.450. The standard InChI is InChI=1S/C20H32/c1-7-16(2)10-8-11-17(3)13-14-19-18(4)12-9-15-20(19,5)6/h7-8,10-11,13-14,18-19H,9,12,15H2,1-6H3/b10-8+,14-13+,16-7+,17-11+. The molecule has 0 amide bonds. The largest absolute Gasteiger partial charge is 0.0847 e. The van der Waals surface area contributed by atoms with E-state index in [0.717, 1.165) is 5.92 Å². The lowest BCUT2D eigenvalue weighted by molar-refractivity contribution is 0.123. The van der Waals surface area contributed by atoms with Crippen LogP contribution in [0.2, 0.25) is 0 Å². The summed E-state index contributed by atoms with van der Waals surface area (Å²) < 4.78 is 0. The van der Waals surface area contributed by atoms with Crippen LogP contribution in [0.3, 0.4) is 0 Å². The van der Waals surface area contributed by atoms with Crippen molar-refractivity contribution in [3.05, 3.63) is 47.6 Å². The molecule has 0 aromatic rings. The van der Waals surface area contributed by atoms with Crippen molar-refractivity contribution < 1.29 is 0 Å². The van der Waals surface area contributed by atoms with Crippen LogP contribution in [0.25, 0.3) is 0 Å². The summed E-state index contributed by atoms with van der Waals surface area (Å²) in [5, 5.41) is 0. The Morgan fingerprint density at radius 2 is 1.80 bits per heavy atom. The molecule has 0 radical (unpaired) electrons. The summed E-state index contributed by atoms with van der Waals surface area (Å²) in [6.07, 6.45) is 17.5. The molecule has 0 spiro atoms. The molecule has 2 atom stereocenters.